The molecule has 0 aromatic heterocycles. The Morgan fingerprint density at radius 3 is 1.92 bits per heavy atom. The molecule has 3 nitrogen and oxygen atoms in total. The van der Waals surface area contributed by atoms with Crippen LogP contribution in [0.25, 0.3) is 0 Å². The van der Waals surface area contributed by atoms with E-state index in [4.69, 9.17) is 12.2 Å². The molecule has 2 aromatic carbocycles. The molecule has 0 fully saturated rings. The van der Waals surface area contributed by atoms with Crippen molar-refractivity contribution in [3.8, 4) is 5.75 Å². The number of nitrogens with one attached hydrogen (secondary N) is 2. The van der Waals surface area contributed by atoms with E-state index in [0.717, 1.165) is 12.1 Å². The normalized spacial score (nSPS) is 12.4. The lowest BCUT2D eigenvalue weighted by atomic mass is 9.99. The van der Waals surface area contributed by atoms with E-state index in [1.54, 1.807) is 0 Å². The number of ether oxygens (including phenoxy) is 1. The summed E-state index contributed by atoms with van der Waals surface area (Å²) < 4.78 is 40.2. The van der Waals surface area contributed by atoms with Crippen molar-refractivity contribution in [2.75, 3.05) is 10.6 Å². The van der Waals surface area contributed by atoms with E-state index in [1.165, 1.54) is 29.8 Å². The number of rotatable bonds is 5. The number of benzene rings is 2. The molecule has 2 N–H and O–H groups in total. The smallest absolute Gasteiger partial charge is 0.406 e. The number of halogens is 3. The molecule has 0 heterocycles. The van der Waals surface area contributed by atoms with E-state index in [1.807, 2.05) is 24.3 Å². The lowest BCUT2D eigenvalue weighted by Crippen LogP contribution is -2.19. The number of hydrogen-bond acceptors (Lipinski definition) is 2. The van der Waals surface area contributed by atoms with Crippen LogP contribution >= 0.6 is 12.2 Å². The number of anilines is 2. The van der Waals surface area contributed by atoms with Gasteiger partial charge in [-0.2, -0.15) is 0 Å². The van der Waals surface area contributed by atoms with Gasteiger partial charge in [-0.25, -0.2) is 0 Å². The third-order valence-electron chi connectivity index (χ3n) is 3.70. The molecular weight excluding hydrogens is 349 g/mol. The summed E-state index contributed by atoms with van der Waals surface area (Å²) in [6, 6.07) is 13.3. The summed E-state index contributed by atoms with van der Waals surface area (Å²) in [5.74, 6) is 0.217. The van der Waals surface area contributed by atoms with Crippen molar-refractivity contribution in [2.45, 2.75) is 32.5 Å². The monoisotopic (exact) mass is 368 g/mol. The van der Waals surface area contributed by atoms with Crippen molar-refractivity contribution in [2.24, 2.45) is 0 Å². The Labute approximate surface area is 150 Å². The Balaban J connectivity index is 1.91. The van der Waals surface area contributed by atoms with Crippen LogP contribution in [0, 0.1) is 0 Å². The quantitative estimate of drug-likeness (QED) is 0.643. The fraction of sp³-hybridized carbons (Fsp3) is 0.278. The highest BCUT2D eigenvalue weighted by molar-refractivity contribution is 7.80. The highest BCUT2D eigenvalue weighted by Gasteiger charge is 2.30. The Morgan fingerprint density at radius 1 is 1.00 bits per heavy atom. The molecule has 0 saturated carbocycles. The highest BCUT2D eigenvalue weighted by atomic mass is 32.1. The summed E-state index contributed by atoms with van der Waals surface area (Å²) in [5.41, 5.74) is 2.65. The zero-order chi connectivity index (χ0) is 18.4. The van der Waals surface area contributed by atoms with Gasteiger partial charge in [0.2, 0.25) is 0 Å². The van der Waals surface area contributed by atoms with Crippen molar-refractivity contribution < 1.29 is 17.9 Å². The van der Waals surface area contributed by atoms with Gasteiger partial charge in [0, 0.05) is 11.4 Å². The minimum Gasteiger partial charge on any atom is -0.406 e. The average Bonchev–Trinajstić information content (AvgIpc) is 2.55. The third kappa shape index (κ3) is 6.26. The molecule has 0 amide bonds. The standard InChI is InChI=1S/C18H19F3N2OS/c1-3-12(2)13-4-6-14(7-5-13)22-17(25)23-15-8-10-16(11-9-15)24-18(19,20)21/h4-12H,3H2,1-2H3,(H2,22,23,25). The first-order valence-electron chi connectivity index (χ1n) is 7.80. The third-order valence-corrected chi connectivity index (χ3v) is 3.90. The van der Waals surface area contributed by atoms with Gasteiger partial charge in [-0.05, 0) is 66.5 Å². The minimum atomic E-state index is -4.70. The zero-order valence-corrected chi connectivity index (χ0v) is 14.7. The first-order chi connectivity index (χ1) is 11.8. The first-order valence-corrected chi connectivity index (χ1v) is 8.21. The van der Waals surface area contributed by atoms with Crippen LogP contribution in [0.3, 0.4) is 0 Å². The van der Waals surface area contributed by atoms with Gasteiger partial charge < -0.3 is 15.4 Å². The van der Waals surface area contributed by atoms with Crippen LogP contribution in [0.1, 0.15) is 31.7 Å². The first kappa shape index (κ1) is 19.1. The van der Waals surface area contributed by atoms with Crippen molar-refractivity contribution in [3.63, 3.8) is 0 Å². The fourth-order valence-corrected chi connectivity index (χ4v) is 2.40. The second kappa shape index (κ2) is 8.20. The van der Waals surface area contributed by atoms with Crippen molar-refractivity contribution in [1.82, 2.24) is 0 Å². The summed E-state index contributed by atoms with van der Waals surface area (Å²) in [6.07, 6.45) is -3.63. The van der Waals surface area contributed by atoms with Crippen LogP contribution in [-0.2, 0) is 0 Å². The van der Waals surface area contributed by atoms with Crippen molar-refractivity contribution in [1.29, 1.82) is 0 Å². The molecule has 0 bridgehead atoms. The van der Waals surface area contributed by atoms with E-state index in [2.05, 4.69) is 29.2 Å². The molecule has 134 valence electrons. The van der Waals surface area contributed by atoms with Gasteiger partial charge in [0.05, 0.1) is 0 Å². The summed E-state index contributed by atoms with van der Waals surface area (Å²) in [5, 5.41) is 6.30. The van der Waals surface area contributed by atoms with Gasteiger partial charge in [0.15, 0.2) is 5.11 Å². The van der Waals surface area contributed by atoms with Crippen LogP contribution in [0.4, 0.5) is 24.5 Å². The van der Waals surface area contributed by atoms with E-state index in [9.17, 15) is 13.2 Å². The topological polar surface area (TPSA) is 33.3 Å². The largest absolute Gasteiger partial charge is 0.573 e. The predicted octanol–water partition coefficient (Wildman–Crippen LogP) is 5.91. The van der Waals surface area contributed by atoms with E-state index in [-0.39, 0.29) is 5.75 Å². The molecule has 0 saturated heterocycles. The van der Waals surface area contributed by atoms with Crippen LogP contribution < -0.4 is 15.4 Å². The summed E-state index contributed by atoms with van der Waals surface area (Å²) in [6.45, 7) is 4.31. The molecule has 2 rings (SSSR count). The van der Waals surface area contributed by atoms with Gasteiger partial charge in [0.1, 0.15) is 5.75 Å². The molecular formula is C18H19F3N2OS. The van der Waals surface area contributed by atoms with E-state index < -0.39 is 6.36 Å². The van der Waals surface area contributed by atoms with Gasteiger partial charge in [-0.3, -0.25) is 0 Å². The second-order valence-electron chi connectivity index (χ2n) is 5.58. The maximum atomic E-state index is 12.1. The molecule has 7 heteroatoms. The Kier molecular flexibility index (Phi) is 6.25. The van der Waals surface area contributed by atoms with Gasteiger partial charge in [0.25, 0.3) is 0 Å². The fourth-order valence-electron chi connectivity index (χ4n) is 2.16. The van der Waals surface area contributed by atoms with Gasteiger partial charge >= 0.3 is 6.36 Å². The summed E-state index contributed by atoms with van der Waals surface area (Å²) in [7, 11) is 0. The van der Waals surface area contributed by atoms with Crippen LogP contribution in [0.2, 0.25) is 0 Å². The molecule has 0 aliphatic rings. The zero-order valence-electron chi connectivity index (χ0n) is 13.9. The van der Waals surface area contributed by atoms with Gasteiger partial charge in [-0.15, -0.1) is 13.2 Å². The van der Waals surface area contributed by atoms with Crippen LogP contribution in [-0.4, -0.2) is 11.5 Å². The van der Waals surface area contributed by atoms with Gasteiger partial charge in [-0.1, -0.05) is 26.0 Å². The number of hydrogen-bond donors (Lipinski definition) is 2. The minimum absolute atomic E-state index is 0.280. The average molecular weight is 368 g/mol. The molecule has 0 aliphatic carbocycles. The van der Waals surface area contributed by atoms with E-state index in [0.29, 0.717) is 16.7 Å². The lowest BCUT2D eigenvalue weighted by molar-refractivity contribution is -0.274. The highest BCUT2D eigenvalue weighted by Crippen LogP contribution is 2.24. The molecule has 0 radical (unpaired) electrons. The molecule has 25 heavy (non-hydrogen) atoms. The number of thiocarbonyl (C=S) groups is 1. The molecule has 1 unspecified atom stereocenters. The van der Waals surface area contributed by atoms with E-state index >= 15 is 0 Å². The molecule has 1 atom stereocenters. The summed E-state index contributed by atoms with van der Waals surface area (Å²) >= 11 is 5.21. The Hall–Kier alpha value is -2.28. The number of alkyl halides is 3. The van der Waals surface area contributed by atoms with Crippen molar-refractivity contribution >= 4 is 28.7 Å². The summed E-state index contributed by atoms with van der Waals surface area (Å²) in [4.78, 5) is 0. The Morgan fingerprint density at radius 2 is 1.48 bits per heavy atom. The Bertz CT molecular complexity index is 700. The maximum Gasteiger partial charge on any atom is 0.573 e. The van der Waals surface area contributed by atoms with Crippen LogP contribution in [0.15, 0.2) is 48.5 Å². The molecule has 0 spiro atoms. The maximum absolute atomic E-state index is 12.1. The lowest BCUT2D eigenvalue weighted by Gasteiger charge is -2.13. The SMILES string of the molecule is CCC(C)c1ccc(NC(=S)Nc2ccc(OC(F)(F)F)cc2)cc1. The molecule has 2 aromatic rings. The van der Waals surface area contributed by atoms with Crippen LogP contribution in [0.5, 0.6) is 5.75 Å². The second-order valence-corrected chi connectivity index (χ2v) is 5.99. The van der Waals surface area contributed by atoms with Crippen molar-refractivity contribution in [3.05, 3.63) is 54.1 Å². The molecule has 0 aliphatic heterocycles. The predicted molar refractivity (Wildman–Crippen MR) is 98.1 cm³/mol.